The number of carbonyl (C=O) groups excluding carboxylic acids is 2. The number of carbonyl (C=O) groups is 2. The number of anilines is 5. The minimum atomic E-state index is -0.538. The number of aromatic nitrogens is 2. The van der Waals surface area contributed by atoms with Crippen LogP contribution in [0.2, 0.25) is 0 Å². The van der Waals surface area contributed by atoms with Crippen LogP contribution in [-0.4, -0.2) is 78.3 Å². The van der Waals surface area contributed by atoms with E-state index in [1.54, 1.807) is 23.1 Å². The lowest BCUT2D eigenvalue weighted by atomic mass is 9.91. The number of methoxy groups -OCH3 is 1. The molecular formula is C32H47N7O4. The molecule has 3 heterocycles. The molecule has 0 bridgehead atoms. The number of benzene rings is 1. The van der Waals surface area contributed by atoms with E-state index in [0.29, 0.717) is 37.4 Å². The van der Waals surface area contributed by atoms with Gasteiger partial charge in [0.05, 0.1) is 24.4 Å². The SMILES string of the molecule is COc1cc(NC2CCN(C(=O)OC(C)(C)C)CC2)ccc1Nc1ncc2c(n1)N(C1CCCC1)CC(C)(C)C(=O)N2C. The Bertz CT molecular complexity index is 1330. The number of likely N-dealkylation sites (tertiary alicyclic amines) is 1. The van der Waals surface area contributed by atoms with Crippen LogP contribution in [0.1, 0.15) is 73.1 Å². The molecule has 2 aliphatic heterocycles. The summed E-state index contributed by atoms with van der Waals surface area (Å²) in [5.74, 6) is 1.98. The fourth-order valence-corrected chi connectivity index (χ4v) is 6.30. The van der Waals surface area contributed by atoms with Crippen LogP contribution in [0.3, 0.4) is 0 Å². The first-order valence-corrected chi connectivity index (χ1v) is 15.5. The molecule has 5 rings (SSSR count). The molecule has 2 fully saturated rings. The summed E-state index contributed by atoms with van der Waals surface area (Å²) in [6.07, 6.45) is 7.74. The normalized spacial score (nSPS) is 19.6. The lowest BCUT2D eigenvalue weighted by molar-refractivity contribution is -0.125. The summed E-state index contributed by atoms with van der Waals surface area (Å²) in [7, 11) is 3.46. The zero-order valence-electron chi connectivity index (χ0n) is 26.7. The Morgan fingerprint density at radius 3 is 2.44 bits per heavy atom. The van der Waals surface area contributed by atoms with Crippen molar-refractivity contribution in [3.8, 4) is 5.75 Å². The molecule has 1 saturated carbocycles. The van der Waals surface area contributed by atoms with Crippen molar-refractivity contribution in [2.24, 2.45) is 5.41 Å². The highest BCUT2D eigenvalue weighted by Crippen LogP contribution is 2.41. The molecule has 3 aliphatic rings. The Hall–Kier alpha value is -3.76. The number of piperidine rings is 1. The summed E-state index contributed by atoms with van der Waals surface area (Å²) in [5, 5.41) is 6.95. The third-order valence-electron chi connectivity index (χ3n) is 8.56. The summed E-state index contributed by atoms with van der Waals surface area (Å²) >= 11 is 0. The van der Waals surface area contributed by atoms with E-state index in [0.717, 1.165) is 48.6 Å². The van der Waals surface area contributed by atoms with E-state index in [2.05, 4.69) is 20.5 Å². The van der Waals surface area contributed by atoms with Gasteiger partial charge in [-0.3, -0.25) is 4.79 Å². The maximum Gasteiger partial charge on any atom is 0.410 e. The number of ether oxygens (including phenoxy) is 2. The Morgan fingerprint density at radius 1 is 1.09 bits per heavy atom. The zero-order chi connectivity index (χ0) is 30.9. The van der Waals surface area contributed by atoms with E-state index in [1.807, 2.05) is 59.9 Å². The number of hydrogen-bond acceptors (Lipinski definition) is 9. The number of rotatable bonds is 6. The van der Waals surface area contributed by atoms with Crippen molar-refractivity contribution in [2.75, 3.05) is 54.2 Å². The van der Waals surface area contributed by atoms with E-state index >= 15 is 0 Å². The summed E-state index contributed by atoms with van der Waals surface area (Å²) < 4.78 is 11.3. The molecule has 2 amide bonds. The quantitative estimate of drug-likeness (QED) is 0.430. The number of hydrogen-bond donors (Lipinski definition) is 2. The molecule has 0 radical (unpaired) electrons. The summed E-state index contributed by atoms with van der Waals surface area (Å²) in [4.78, 5) is 41.1. The molecule has 2 N–H and O–H groups in total. The van der Waals surface area contributed by atoms with E-state index in [1.165, 1.54) is 12.8 Å². The van der Waals surface area contributed by atoms with Crippen molar-refractivity contribution in [3.05, 3.63) is 24.4 Å². The van der Waals surface area contributed by atoms with E-state index in [9.17, 15) is 9.59 Å². The van der Waals surface area contributed by atoms with Crippen LogP contribution in [0.4, 0.5) is 33.6 Å². The van der Waals surface area contributed by atoms with Gasteiger partial charge in [-0.15, -0.1) is 0 Å². The van der Waals surface area contributed by atoms with E-state index in [4.69, 9.17) is 14.5 Å². The predicted octanol–water partition coefficient (Wildman–Crippen LogP) is 5.79. The lowest BCUT2D eigenvalue weighted by Crippen LogP contribution is -2.45. The zero-order valence-corrected chi connectivity index (χ0v) is 26.7. The van der Waals surface area contributed by atoms with Crippen molar-refractivity contribution >= 4 is 40.8 Å². The number of fused-ring (bicyclic) bond motifs is 1. The van der Waals surface area contributed by atoms with Gasteiger partial charge in [-0.1, -0.05) is 12.8 Å². The van der Waals surface area contributed by atoms with Gasteiger partial charge < -0.3 is 34.8 Å². The first-order valence-electron chi connectivity index (χ1n) is 15.5. The minimum absolute atomic E-state index is 0.0684. The topological polar surface area (TPSA) is 112 Å². The van der Waals surface area contributed by atoms with Crippen LogP contribution >= 0.6 is 0 Å². The van der Waals surface area contributed by atoms with Gasteiger partial charge in [0.15, 0.2) is 5.82 Å². The second-order valence-electron chi connectivity index (χ2n) is 13.6. The third-order valence-corrected chi connectivity index (χ3v) is 8.56. The number of amides is 2. The van der Waals surface area contributed by atoms with Gasteiger partial charge in [0.2, 0.25) is 11.9 Å². The predicted molar refractivity (Wildman–Crippen MR) is 170 cm³/mol. The van der Waals surface area contributed by atoms with Crippen molar-refractivity contribution in [1.29, 1.82) is 0 Å². The van der Waals surface area contributed by atoms with Gasteiger partial charge in [-0.05, 0) is 72.4 Å². The largest absolute Gasteiger partial charge is 0.494 e. The Balaban J connectivity index is 1.30. The minimum Gasteiger partial charge on any atom is -0.494 e. The first kappa shape index (κ1) is 30.7. The fraction of sp³-hybridized carbons (Fsp3) is 0.625. The van der Waals surface area contributed by atoms with Crippen LogP contribution in [0.25, 0.3) is 0 Å². The number of nitrogens with one attached hydrogen (secondary N) is 2. The smallest absolute Gasteiger partial charge is 0.410 e. The average molecular weight is 594 g/mol. The summed E-state index contributed by atoms with van der Waals surface area (Å²) in [5.41, 5.74) is 1.39. The maximum absolute atomic E-state index is 13.3. The fourth-order valence-electron chi connectivity index (χ4n) is 6.30. The third kappa shape index (κ3) is 6.91. The Kier molecular flexibility index (Phi) is 8.63. The molecule has 1 aliphatic carbocycles. The molecule has 1 saturated heterocycles. The molecular weight excluding hydrogens is 546 g/mol. The van der Waals surface area contributed by atoms with Crippen LogP contribution in [0.15, 0.2) is 24.4 Å². The highest BCUT2D eigenvalue weighted by Gasteiger charge is 2.41. The monoisotopic (exact) mass is 593 g/mol. The molecule has 11 heteroatoms. The summed E-state index contributed by atoms with van der Waals surface area (Å²) in [6.45, 7) is 11.6. The van der Waals surface area contributed by atoms with Gasteiger partial charge in [0, 0.05) is 50.5 Å². The molecule has 11 nitrogen and oxygen atoms in total. The van der Waals surface area contributed by atoms with Gasteiger partial charge in [-0.2, -0.15) is 4.98 Å². The van der Waals surface area contributed by atoms with Crippen LogP contribution in [0.5, 0.6) is 5.75 Å². The van der Waals surface area contributed by atoms with E-state index in [-0.39, 0.29) is 18.0 Å². The molecule has 2 aromatic rings. The Morgan fingerprint density at radius 2 is 1.79 bits per heavy atom. The number of nitrogens with zero attached hydrogens (tertiary/aromatic N) is 5. The average Bonchev–Trinajstić information content (AvgIpc) is 3.48. The molecule has 0 unspecified atom stereocenters. The van der Waals surface area contributed by atoms with Gasteiger partial charge in [-0.25, -0.2) is 9.78 Å². The van der Waals surface area contributed by atoms with E-state index < -0.39 is 11.0 Å². The molecule has 0 spiro atoms. The highest BCUT2D eigenvalue weighted by atomic mass is 16.6. The Labute approximate surface area is 255 Å². The maximum atomic E-state index is 13.3. The highest BCUT2D eigenvalue weighted by molar-refractivity contribution is 6.00. The first-order chi connectivity index (χ1) is 20.3. The molecule has 234 valence electrons. The lowest BCUT2D eigenvalue weighted by Gasteiger charge is -2.34. The van der Waals surface area contributed by atoms with Crippen molar-refractivity contribution in [3.63, 3.8) is 0 Å². The standard InChI is InChI=1S/C32H47N7O4/c1-31(2,3)43-30(41)38-16-14-21(15-17-38)34-22-12-13-24(26(18-22)42-7)35-29-33-19-25-27(36-29)39(23-10-8-9-11-23)20-32(4,5)28(40)37(25)6/h12-13,18-19,21,23,34H,8-11,14-17,20H2,1-7H3,(H,33,35,36). The van der Waals surface area contributed by atoms with Gasteiger partial charge >= 0.3 is 6.09 Å². The van der Waals surface area contributed by atoms with Crippen molar-refractivity contribution in [1.82, 2.24) is 14.9 Å². The van der Waals surface area contributed by atoms with Crippen molar-refractivity contribution < 1.29 is 19.1 Å². The second kappa shape index (κ2) is 12.1. The molecule has 43 heavy (non-hydrogen) atoms. The molecule has 0 atom stereocenters. The van der Waals surface area contributed by atoms with Crippen LogP contribution in [0, 0.1) is 5.41 Å². The summed E-state index contributed by atoms with van der Waals surface area (Å²) in [6, 6.07) is 6.52. The van der Waals surface area contributed by atoms with Crippen molar-refractivity contribution in [2.45, 2.75) is 90.8 Å². The van der Waals surface area contributed by atoms with Crippen LogP contribution < -0.4 is 25.2 Å². The van der Waals surface area contributed by atoms with Gasteiger partial charge in [0.25, 0.3) is 0 Å². The molecule has 1 aromatic carbocycles. The molecule has 1 aromatic heterocycles. The van der Waals surface area contributed by atoms with Crippen LogP contribution in [-0.2, 0) is 9.53 Å². The van der Waals surface area contributed by atoms with Gasteiger partial charge in [0.1, 0.15) is 17.0 Å². The second-order valence-corrected chi connectivity index (χ2v) is 13.6.